The summed E-state index contributed by atoms with van der Waals surface area (Å²) < 4.78 is 0. The summed E-state index contributed by atoms with van der Waals surface area (Å²) in [5, 5.41) is 7.00. The van der Waals surface area contributed by atoms with Gasteiger partial charge >= 0.3 is 0 Å². The summed E-state index contributed by atoms with van der Waals surface area (Å²) in [7, 11) is 0. The van der Waals surface area contributed by atoms with Crippen LogP contribution in [0.15, 0.2) is 4.99 Å². The zero-order valence-electron chi connectivity index (χ0n) is 18.3. The van der Waals surface area contributed by atoms with Crippen LogP contribution in [-0.4, -0.2) is 73.0 Å². The fourth-order valence-corrected chi connectivity index (χ4v) is 5.03. The zero-order chi connectivity index (χ0) is 19.9. The largest absolute Gasteiger partial charge is 0.357 e. The number of rotatable bonds is 7. The predicted molar refractivity (Wildman–Crippen MR) is 115 cm³/mol. The molecular formula is C22H41N5O. The molecule has 3 fully saturated rings. The highest BCUT2D eigenvalue weighted by Crippen LogP contribution is 2.27. The van der Waals surface area contributed by atoms with Crippen LogP contribution in [0.1, 0.15) is 65.7 Å². The average Bonchev–Trinajstić information content (AvgIpc) is 3.41. The molecule has 3 rings (SSSR count). The van der Waals surface area contributed by atoms with E-state index < -0.39 is 0 Å². The Hall–Kier alpha value is -1.30. The van der Waals surface area contributed by atoms with Gasteiger partial charge in [-0.2, -0.15) is 0 Å². The van der Waals surface area contributed by atoms with Crippen LogP contribution in [0.25, 0.3) is 0 Å². The van der Waals surface area contributed by atoms with E-state index in [-0.39, 0.29) is 5.92 Å². The first kappa shape index (κ1) is 21.4. The number of aliphatic imine (C=N–C) groups is 1. The number of hydrogen-bond acceptors (Lipinski definition) is 3. The van der Waals surface area contributed by atoms with Crippen LogP contribution in [-0.2, 0) is 4.79 Å². The van der Waals surface area contributed by atoms with Crippen molar-refractivity contribution in [2.75, 3.05) is 39.3 Å². The van der Waals surface area contributed by atoms with Crippen LogP contribution in [0.4, 0.5) is 0 Å². The van der Waals surface area contributed by atoms with E-state index in [2.05, 4.69) is 41.2 Å². The summed E-state index contributed by atoms with van der Waals surface area (Å²) in [4.78, 5) is 22.3. The maximum atomic E-state index is 12.7. The van der Waals surface area contributed by atoms with E-state index >= 15 is 0 Å². The number of nitrogens with zero attached hydrogens (tertiary/aromatic N) is 3. The molecule has 6 heteroatoms. The van der Waals surface area contributed by atoms with Crippen molar-refractivity contribution in [1.29, 1.82) is 0 Å². The molecule has 1 unspecified atom stereocenters. The Morgan fingerprint density at radius 3 is 2.61 bits per heavy atom. The first-order valence-electron chi connectivity index (χ1n) is 11.6. The lowest BCUT2D eigenvalue weighted by atomic mass is 10.1. The molecule has 2 atom stereocenters. The molecule has 2 N–H and O–H groups in total. The Bertz CT molecular complexity index is 529. The Balaban J connectivity index is 1.50. The molecule has 1 aliphatic carbocycles. The predicted octanol–water partition coefficient (Wildman–Crippen LogP) is 2.45. The molecule has 2 aliphatic heterocycles. The third-order valence-corrected chi connectivity index (χ3v) is 6.45. The number of nitrogens with one attached hydrogen (secondary N) is 2. The molecule has 0 aromatic rings. The van der Waals surface area contributed by atoms with Crippen LogP contribution < -0.4 is 10.6 Å². The first-order valence-corrected chi connectivity index (χ1v) is 11.6. The standard InChI is InChI=1S/C22H41N5O/c1-4-23-22(24-14-20-10-7-12-26(20)15-17(2)3)25-19-11-13-27(16-19)21(28)18-8-5-6-9-18/h17-20H,4-16H2,1-3H3,(H2,23,24,25)/t19?,20-/m1/s1. The Kier molecular flexibility index (Phi) is 8.00. The van der Waals surface area contributed by atoms with Gasteiger partial charge in [0.25, 0.3) is 0 Å². The number of carbonyl (C=O) groups is 1. The van der Waals surface area contributed by atoms with Gasteiger partial charge in [-0.3, -0.25) is 14.7 Å². The Labute approximate surface area is 171 Å². The first-order chi connectivity index (χ1) is 13.6. The van der Waals surface area contributed by atoms with Gasteiger partial charge in [0.2, 0.25) is 5.91 Å². The quantitative estimate of drug-likeness (QED) is 0.517. The Morgan fingerprint density at radius 1 is 1.11 bits per heavy atom. The fourth-order valence-electron chi connectivity index (χ4n) is 5.03. The molecule has 0 bridgehead atoms. The van der Waals surface area contributed by atoms with Gasteiger partial charge in [0, 0.05) is 44.2 Å². The van der Waals surface area contributed by atoms with Crippen molar-refractivity contribution in [3.05, 3.63) is 0 Å². The van der Waals surface area contributed by atoms with Crippen LogP contribution in [0, 0.1) is 11.8 Å². The van der Waals surface area contributed by atoms with Crippen molar-refractivity contribution in [3.63, 3.8) is 0 Å². The van der Waals surface area contributed by atoms with Crippen molar-refractivity contribution in [2.45, 2.75) is 77.8 Å². The molecule has 1 saturated carbocycles. The van der Waals surface area contributed by atoms with Crippen LogP contribution in [0.2, 0.25) is 0 Å². The topological polar surface area (TPSA) is 60.0 Å². The molecule has 2 heterocycles. The number of likely N-dealkylation sites (tertiary alicyclic amines) is 2. The molecule has 1 amide bonds. The second kappa shape index (κ2) is 10.5. The highest BCUT2D eigenvalue weighted by molar-refractivity contribution is 5.81. The summed E-state index contributed by atoms with van der Waals surface area (Å²) in [6.07, 6.45) is 8.18. The number of hydrogen-bond donors (Lipinski definition) is 2. The average molecular weight is 392 g/mol. The molecule has 0 aromatic carbocycles. The lowest BCUT2D eigenvalue weighted by Crippen LogP contribution is -2.46. The van der Waals surface area contributed by atoms with Gasteiger partial charge < -0.3 is 15.5 Å². The van der Waals surface area contributed by atoms with Crippen LogP contribution in [0.5, 0.6) is 0 Å². The van der Waals surface area contributed by atoms with E-state index in [9.17, 15) is 4.79 Å². The monoisotopic (exact) mass is 391 g/mol. The molecule has 6 nitrogen and oxygen atoms in total. The molecule has 0 aromatic heterocycles. The number of guanidine groups is 1. The van der Waals surface area contributed by atoms with Gasteiger partial charge in [-0.15, -0.1) is 0 Å². The number of carbonyl (C=O) groups excluding carboxylic acids is 1. The molecule has 3 aliphatic rings. The lowest BCUT2D eigenvalue weighted by Gasteiger charge is -2.25. The van der Waals surface area contributed by atoms with Crippen molar-refractivity contribution in [2.24, 2.45) is 16.8 Å². The molecule has 0 radical (unpaired) electrons. The summed E-state index contributed by atoms with van der Waals surface area (Å²) >= 11 is 0. The van der Waals surface area contributed by atoms with Gasteiger partial charge in [0.05, 0.1) is 6.54 Å². The maximum Gasteiger partial charge on any atom is 0.225 e. The van der Waals surface area contributed by atoms with E-state index in [4.69, 9.17) is 4.99 Å². The van der Waals surface area contributed by atoms with E-state index in [1.165, 1.54) is 38.8 Å². The Morgan fingerprint density at radius 2 is 1.89 bits per heavy atom. The van der Waals surface area contributed by atoms with E-state index in [1.807, 2.05) is 0 Å². The molecule has 28 heavy (non-hydrogen) atoms. The minimum Gasteiger partial charge on any atom is -0.357 e. The third kappa shape index (κ3) is 5.85. The summed E-state index contributed by atoms with van der Waals surface area (Å²) in [6.45, 7) is 12.5. The molecular weight excluding hydrogens is 350 g/mol. The minimum absolute atomic E-state index is 0.287. The summed E-state index contributed by atoms with van der Waals surface area (Å²) in [6, 6.07) is 0.889. The van der Waals surface area contributed by atoms with Gasteiger partial charge in [0.15, 0.2) is 5.96 Å². The van der Waals surface area contributed by atoms with E-state index in [1.54, 1.807) is 0 Å². The second-order valence-electron chi connectivity index (χ2n) is 9.30. The van der Waals surface area contributed by atoms with Crippen LogP contribution >= 0.6 is 0 Å². The van der Waals surface area contributed by atoms with Gasteiger partial charge in [-0.05, 0) is 51.5 Å². The summed E-state index contributed by atoms with van der Waals surface area (Å²) in [5.74, 6) is 2.30. The highest BCUT2D eigenvalue weighted by atomic mass is 16.2. The summed E-state index contributed by atoms with van der Waals surface area (Å²) in [5.41, 5.74) is 0. The third-order valence-electron chi connectivity index (χ3n) is 6.45. The molecule has 160 valence electrons. The second-order valence-corrected chi connectivity index (χ2v) is 9.30. The van der Waals surface area contributed by atoms with Crippen molar-refractivity contribution >= 4 is 11.9 Å². The maximum absolute atomic E-state index is 12.7. The van der Waals surface area contributed by atoms with Crippen molar-refractivity contribution < 1.29 is 4.79 Å². The van der Waals surface area contributed by atoms with E-state index in [0.717, 1.165) is 51.4 Å². The van der Waals surface area contributed by atoms with Gasteiger partial charge in [-0.1, -0.05) is 26.7 Å². The highest BCUT2D eigenvalue weighted by Gasteiger charge is 2.32. The van der Waals surface area contributed by atoms with Crippen molar-refractivity contribution in [1.82, 2.24) is 20.4 Å². The smallest absolute Gasteiger partial charge is 0.225 e. The van der Waals surface area contributed by atoms with Crippen LogP contribution in [0.3, 0.4) is 0 Å². The van der Waals surface area contributed by atoms with Gasteiger partial charge in [0.1, 0.15) is 0 Å². The minimum atomic E-state index is 0.287. The fraction of sp³-hybridized carbons (Fsp3) is 0.909. The number of amides is 1. The normalized spacial score (nSPS) is 27.1. The van der Waals surface area contributed by atoms with Crippen molar-refractivity contribution in [3.8, 4) is 0 Å². The van der Waals surface area contributed by atoms with E-state index in [0.29, 0.717) is 23.9 Å². The van der Waals surface area contributed by atoms with Gasteiger partial charge in [-0.25, -0.2) is 0 Å². The SMILES string of the molecule is CCNC(=NC[C@H]1CCCN1CC(C)C)NC1CCN(C(=O)C2CCCC2)C1. The molecule has 0 spiro atoms. The zero-order valence-corrected chi connectivity index (χ0v) is 18.3. The molecule has 2 saturated heterocycles. The lowest BCUT2D eigenvalue weighted by molar-refractivity contribution is -0.134.